The number of likely N-dealkylation sites (N-methyl/N-ethyl adjacent to an activating group) is 1. The van der Waals surface area contributed by atoms with Crippen molar-refractivity contribution in [2.24, 2.45) is 0 Å². The number of carbonyl (C=O) groups excluding carboxylic acids is 1. The topological polar surface area (TPSA) is 47.6 Å². The molecule has 1 heterocycles. The summed E-state index contributed by atoms with van der Waals surface area (Å²) in [5, 5.41) is 2.50. The standard InChI is InChI=1S/C10H9ClFNO3/c1-13-3-6(14)8-9(12)5(11)2-7-10(8)16-4-15-7/h2,13H,3-4H2,1H3. The Kier molecular flexibility index (Phi) is 2.98. The van der Waals surface area contributed by atoms with E-state index in [-0.39, 0.29) is 29.7 Å². The highest BCUT2D eigenvalue weighted by Crippen LogP contribution is 2.40. The van der Waals surface area contributed by atoms with Crippen LogP contribution in [-0.4, -0.2) is 26.2 Å². The summed E-state index contributed by atoms with van der Waals surface area (Å²) in [5.41, 5.74) is -0.158. The van der Waals surface area contributed by atoms with Crippen molar-refractivity contribution in [3.63, 3.8) is 0 Å². The number of fused-ring (bicyclic) bond motifs is 1. The molecule has 0 atom stereocenters. The molecule has 0 saturated carbocycles. The van der Waals surface area contributed by atoms with Gasteiger partial charge in [0, 0.05) is 6.07 Å². The number of ether oxygens (including phenoxy) is 2. The third-order valence-electron chi connectivity index (χ3n) is 2.17. The first-order valence-corrected chi connectivity index (χ1v) is 4.98. The van der Waals surface area contributed by atoms with Gasteiger partial charge < -0.3 is 14.8 Å². The van der Waals surface area contributed by atoms with Crippen LogP contribution in [0.1, 0.15) is 10.4 Å². The molecule has 4 nitrogen and oxygen atoms in total. The third kappa shape index (κ3) is 1.72. The highest BCUT2D eigenvalue weighted by atomic mass is 35.5. The van der Waals surface area contributed by atoms with Crippen molar-refractivity contribution in [3.05, 3.63) is 22.5 Å². The van der Waals surface area contributed by atoms with Gasteiger partial charge in [-0.3, -0.25) is 4.79 Å². The van der Waals surface area contributed by atoms with Crippen LogP contribution in [0.5, 0.6) is 11.5 Å². The van der Waals surface area contributed by atoms with Gasteiger partial charge in [-0.1, -0.05) is 11.6 Å². The Labute approximate surface area is 96.3 Å². The van der Waals surface area contributed by atoms with E-state index < -0.39 is 11.6 Å². The van der Waals surface area contributed by atoms with Gasteiger partial charge in [0.25, 0.3) is 0 Å². The van der Waals surface area contributed by atoms with Gasteiger partial charge in [-0.15, -0.1) is 0 Å². The second-order valence-electron chi connectivity index (χ2n) is 3.23. The third-order valence-corrected chi connectivity index (χ3v) is 2.45. The predicted octanol–water partition coefficient (Wildman–Crippen LogP) is 1.61. The van der Waals surface area contributed by atoms with Crippen molar-refractivity contribution in [3.8, 4) is 11.5 Å². The van der Waals surface area contributed by atoms with Crippen molar-refractivity contribution >= 4 is 17.4 Å². The normalized spacial score (nSPS) is 12.9. The minimum atomic E-state index is -0.772. The van der Waals surface area contributed by atoms with E-state index in [1.807, 2.05) is 0 Å². The van der Waals surface area contributed by atoms with Crippen LogP contribution in [0.25, 0.3) is 0 Å². The Balaban J connectivity index is 2.54. The molecule has 0 spiro atoms. The molecule has 1 aliphatic rings. The second-order valence-corrected chi connectivity index (χ2v) is 3.64. The van der Waals surface area contributed by atoms with E-state index in [0.29, 0.717) is 5.75 Å². The van der Waals surface area contributed by atoms with E-state index in [1.54, 1.807) is 7.05 Å². The molecule has 1 aromatic carbocycles. The van der Waals surface area contributed by atoms with Crippen LogP contribution in [0, 0.1) is 5.82 Å². The smallest absolute Gasteiger partial charge is 0.231 e. The fourth-order valence-electron chi connectivity index (χ4n) is 1.49. The molecule has 86 valence electrons. The average molecular weight is 246 g/mol. The molecule has 0 aliphatic carbocycles. The van der Waals surface area contributed by atoms with E-state index in [4.69, 9.17) is 21.1 Å². The molecule has 16 heavy (non-hydrogen) atoms. The van der Waals surface area contributed by atoms with Crippen LogP contribution in [-0.2, 0) is 0 Å². The number of carbonyl (C=O) groups is 1. The Morgan fingerprint density at radius 2 is 2.38 bits per heavy atom. The fourth-order valence-corrected chi connectivity index (χ4v) is 1.68. The molecule has 1 aliphatic heterocycles. The van der Waals surface area contributed by atoms with Gasteiger partial charge in [-0.2, -0.15) is 0 Å². The maximum atomic E-state index is 13.7. The van der Waals surface area contributed by atoms with Gasteiger partial charge in [0.2, 0.25) is 6.79 Å². The summed E-state index contributed by atoms with van der Waals surface area (Å²) in [6, 6.07) is 1.30. The summed E-state index contributed by atoms with van der Waals surface area (Å²) < 4.78 is 23.8. The van der Waals surface area contributed by atoms with E-state index in [9.17, 15) is 9.18 Å². The Morgan fingerprint density at radius 3 is 3.06 bits per heavy atom. The van der Waals surface area contributed by atoms with Gasteiger partial charge in [0.1, 0.15) is 5.56 Å². The molecule has 0 fully saturated rings. The van der Waals surface area contributed by atoms with Crippen LogP contribution in [0.15, 0.2) is 6.07 Å². The number of ketones is 1. The van der Waals surface area contributed by atoms with Crippen LogP contribution in [0.4, 0.5) is 4.39 Å². The highest BCUT2D eigenvalue weighted by Gasteiger charge is 2.27. The molecule has 0 aromatic heterocycles. The summed E-state index contributed by atoms with van der Waals surface area (Å²) in [4.78, 5) is 11.7. The minimum Gasteiger partial charge on any atom is -0.454 e. The lowest BCUT2D eigenvalue weighted by Crippen LogP contribution is -2.20. The number of benzene rings is 1. The lowest BCUT2D eigenvalue weighted by molar-refractivity contribution is 0.0984. The zero-order chi connectivity index (χ0) is 11.7. The molecule has 0 amide bonds. The summed E-state index contributed by atoms with van der Waals surface area (Å²) in [5.74, 6) is -0.775. The Morgan fingerprint density at radius 1 is 1.62 bits per heavy atom. The Bertz CT molecular complexity index is 450. The van der Waals surface area contributed by atoms with Crippen LogP contribution in [0.3, 0.4) is 0 Å². The number of hydrogen-bond donors (Lipinski definition) is 1. The molecule has 6 heteroatoms. The van der Waals surface area contributed by atoms with Crippen molar-refractivity contribution in [1.29, 1.82) is 0 Å². The first-order valence-electron chi connectivity index (χ1n) is 4.60. The molecule has 0 saturated heterocycles. The zero-order valence-electron chi connectivity index (χ0n) is 8.47. The summed E-state index contributed by atoms with van der Waals surface area (Å²) in [7, 11) is 1.60. The maximum absolute atomic E-state index is 13.7. The van der Waals surface area contributed by atoms with Crippen LogP contribution in [0.2, 0.25) is 5.02 Å². The molecule has 1 aromatic rings. The predicted molar refractivity (Wildman–Crippen MR) is 55.8 cm³/mol. The lowest BCUT2D eigenvalue weighted by Gasteiger charge is -2.07. The second kappa shape index (κ2) is 4.27. The first-order chi connectivity index (χ1) is 7.65. The van der Waals surface area contributed by atoms with E-state index >= 15 is 0 Å². The lowest BCUT2D eigenvalue weighted by atomic mass is 10.1. The molecular formula is C10H9ClFNO3. The van der Waals surface area contributed by atoms with Crippen molar-refractivity contribution in [2.45, 2.75) is 0 Å². The average Bonchev–Trinajstić information content (AvgIpc) is 2.67. The van der Waals surface area contributed by atoms with E-state index in [0.717, 1.165) is 0 Å². The van der Waals surface area contributed by atoms with Gasteiger partial charge in [0.15, 0.2) is 23.1 Å². The molecule has 0 radical (unpaired) electrons. The van der Waals surface area contributed by atoms with Crippen molar-refractivity contribution in [2.75, 3.05) is 20.4 Å². The number of nitrogens with one attached hydrogen (secondary N) is 1. The molecule has 2 rings (SSSR count). The number of Topliss-reactive ketones (excluding diaryl/α,β-unsaturated/α-hetero) is 1. The van der Waals surface area contributed by atoms with Gasteiger partial charge in [0.05, 0.1) is 11.6 Å². The van der Waals surface area contributed by atoms with Crippen molar-refractivity contribution in [1.82, 2.24) is 5.32 Å². The number of rotatable bonds is 3. The Hall–Kier alpha value is -1.33. The van der Waals surface area contributed by atoms with Crippen LogP contribution < -0.4 is 14.8 Å². The number of hydrogen-bond acceptors (Lipinski definition) is 4. The fraction of sp³-hybridized carbons (Fsp3) is 0.300. The van der Waals surface area contributed by atoms with Gasteiger partial charge >= 0.3 is 0 Å². The molecule has 0 bridgehead atoms. The molecular weight excluding hydrogens is 237 g/mol. The van der Waals surface area contributed by atoms with Gasteiger partial charge in [-0.25, -0.2) is 4.39 Å². The summed E-state index contributed by atoms with van der Waals surface area (Å²) in [6.07, 6.45) is 0. The molecule has 1 N–H and O–H groups in total. The summed E-state index contributed by atoms with van der Waals surface area (Å²) in [6.45, 7) is -0.0258. The SMILES string of the molecule is CNCC(=O)c1c(F)c(Cl)cc2c1OCO2. The first kappa shape index (κ1) is 11.2. The van der Waals surface area contributed by atoms with Crippen LogP contribution >= 0.6 is 11.6 Å². The minimum absolute atomic E-state index is 0.00701. The highest BCUT2D eigenvalue weighted by molar-refractivity contribution is 6.31. The number of halogens is 2. The van der Waals surface area contributed by atoms with E-state index in [2.05, 4.69) is 5.32 Å². The zero-order valence-corrected chi connectivity index (χ0v) is 9.23. The van der Waals surface area contributed by atoms with Gasteiger partial charge in [-0.05, 0) is 7.05 Å². The van der Waals surface area contributed by atoms with Crippen molar-refractivity contribution < 1.29 is 18.7 Å². The maximum Gasteiger partial charge on any atom is 0.231 e. The summed E-state index contributed by atoms with van der Waals surface area (Å²) >= 11 is 5.66. The van der Waals surface area contributed by atoms with E-state index in [1.165, 1.54) is 6.07 Å². The molecule has 0 unspecified atom stereocenters. The monoisotopic (exact) mass is 245 g/mol. The quantitative estimate of drug-likeness (QED) is 0.822. The largest absolute Gasteiger partial charge is 0.454 e.